The Balaban J connectivity index is 3.11. The summed E-state index contributed by atoms with van der Waals surface area (Å²) in [4.78, 5) is 3.93. The monoisotopic (exact) mass is 240 g/mol. The first-order chi connectivity index (χ1) is 7.66. The lowest BCUT2D eigenvalue weighted by atomic mass is 10.3. The lowest BCUT2D eigenvalue weighted by Crippen LogP contribution is -2.14. The van der Waals surface area contributed by atoms with Crippen LogP contribution < -0.4 is 5.44 Å². The molecule has 0 N–H and O–H groups in total. The highest BCUT2D eigenvalue weighted by Gasteiger charge is 2.28. The van der Waals surface area contributed by atoms with Crippen LogP contribution in [0.4, 0.5) is 0 Å². The highest BCUT2D eigenvalue weighted by molar-refractivity contribution is 7.61. The summed E-state index contributed by atoms with van der Waals surface area (Å²) in [5.41, 5.74) is 0.555. The zero-order chi connectivity index (χ0) is 12.0. The summed E-state index contributed by atoms with van der Waals surface area (Å²) in [5, 5.41) is 8.74. The molecule has 0 aromatic carbocycles. The van der Waals surface area contributed by atoms with Gasteiger partial charge in [0.15, 0.2) is 5.44 Å². The van der Waals surface area contributed by atoms with Crippen molar-refractivity contribution in [1.29, 1.82) is 5.26 Å². The van der Waals surface area contributed by atoms with Crippen LogP contribution in [-0.4, -0.2) is 18.2 Å². The summed E-state index contributed by atoms with van der Waals surface area (Å²) in [6.07, 6.45) is 1.42. The minimum Gasteiger partial charge on any atom is -0.304 e. The molecule has 0 aliphatic heterocycles. The molecular formula is C10H13N2O3P. The molecule has 1 aromatic heterocycles. The molecule has 0 saturated heterocycles. The fourth-order valence-electron chi connectivity index (χ4n) is 1.15. The van der Waals surface area contributed by atoms with E-state index in [1.807, 2.05) is 6.07 Å². The molecule has 1 rings (SSSR count). The van der Waals surface area contributed by atoms with E-state index in [0.29, 0.717) is 5.56 Å². The SMILES string of the molecule is CCOP(=O)(OCC)c1cc(C#N)ccn1. The normalized spacial score (nSPS) is 11.1. The average Bonchev–Trinajstić information content (AvgIpc) is 2.30. The molecule has 1 heterocycles. The number of nitriles is 1. The lowest BCUT2D eigenvalue weighted by Gasteiger charge is -2.15. The fraction of sp³-hybridized carbons (Fsp3) is 0.400. The predicted octanol–water partition coefficient (Wildman–Crippen LogP) is 1.84. The summed E-state index contributed by atoms with van der Waals surface area (Å²) in [7, 11) is -3.37. The van der Waals surface area contributed by atoms with Gasteiger partial charge in [-0.2, -0.15) is 5.26 Å². The molecule has 16 heavy (non-hydrogen) atoms. The third-order valence-electron chi connectivity index (χ3n) is 1.75. The van der Waals surface area contributed by atoms with E-state index < -0.39 is 7.60 Å². The van der Waals surface area contributed by atoms with Gasteiger partial charge in [-0.1, -0.05) is 0 Å². The topological polar surface area (TPSA) is 72.2 Å². The molecule has 0 aliphatic rings. The van der Waals surface area contributed by atoms with E-state index >= 15 is 0 Å². The predicted molar refractivity (Wildman–Crippen MR) is 59.4 cm³/mol. The van der Waals surface area contributed by atoms with Crippen LogP contribution in [0.5, 0.6) is 0 Å². The van der Waals surface area contributed by atoms with Crippen LogP contribution in [0.15, 0.2) is 18.3 Å². The number of hydrogen-bond donors (Lipinski definition) is 0. The molecule has 0 saturated carbocycles. The summed E-state index contributed by atoms with van der Waals surface area (Å²) in [5.74, 6) is 0. The second kappa shape index (κ2) is 5.76. The van der Waals surface area contributed by atoms with E-state index in [-0.39, 0.29) is 18.6 Å². The molecule has 0 unspecified atom stereocenters. The van der Waals surface area contributed by atoms with Gasteiger partial charge < -0.3 is 9.05 Å². The summed E-state index contributed by atoms with van der Waals surface area (Å²) < 4.78 is 22.5. The Morgan fingerprint density at radius 3 is 2.56 bits per heavy atom. The first-order valence-electron chi connectivity index (χ1n) is 4.92. The van der Waals surface area contributed by atoms with Gasteiger partial charge in [0, 0.05) is 6.20 Å². The van der Waals surface area contributed by atoms with E-state index in [1.54, 1.807) is 13.8 Å². The Bertz CT molecular complexity index is 432. The van der Waals surface area contributed by atoms with Crippen molar-refractivity contribution in [2.75, 3.05) is 13.2 Å². The van der Waals surface area contributed by atoms with Crippen LogP contribution in [0, 0.1) is 11.3 Å². The van der Waals surface area contributed by atoms with Gasteiger partial charge in [0.25, 0.3) is 0 Å². The lowest BCUT2D eigenvalue weighted by molar-refractivity contribution is 0.229. The largest absolute Gasteiger partial charge is 0.379 e. The maximum Gasteiger partial charge on any atom is 0.379 e. The number of pyridine rings is 1. The zero-order valence-electron chi connectivity index (χ0n) is 9.21. The second-order valence-corrected chi connectivity index (χ2v) is 4.82. The van der Waals surface area contributed by atoms with Crippen molar-refractivity contribution >= 4 is 13.0 Å². The quantitative estimate of drug-likeness (QED) is 0.734. The molecule has 5 nitrogen and oxygen atoms in total. The van der Waals surface area contributed by atoms with Crippen molar-refractivity contribution in [2.24, 2.45) is 0 Å². The Kier molecular flexibility index (Phi) is 4.63. The molecule has 0 amide bonds. The Morgan fingerprint density at radius 2 is 2.06 bits per heavy atom. The van der Waals surface area contributed by atoms with Crippen LogP contribution in [0.25, 0.3) is 0 Å². The van der Waals surface area contributed by atoms with Gasteiger partial charge in [-0.3, -0.25) is 4.57 Å². The molecule has 1 aromatic rings. The van der Waals surface area contributed by atoms with Gasteiger partial charge in [-0.05, 0) is 26.0 Å². The van der Waals surface area contributed by atoms with Crippen molar-refractivity contribution in [1.82, 2.24) is 4.98 Å². The third kappa shape index (κ3) is 2.89. The Hall–Kier alpha value is -1.21. The van der Waals surface area contributed by atoms with E-state index in [1.165, 1.54) is 18.3 Å². The van der Waals surface area contributed by atoms with Gasteiger partial charge in [0.2, 0.25) is 0 Å². The summed E-state index contributed by atoms with van der Waals surface area (Å²) in [6.45, 7) is 3.96. The molecule has 6 heteroatoms. The molecule has 86 valence electrons. The van der Waals surface area contributed by atoms with Crippen LogP contribution >= 0.6 is 7.60 Å². The van der Waals surface area contributed by atoms with E-state index in [0.717, 1.165) is 0 Å². The number of nitrogens with zero attached hydrogens (tertiary/aromatic N) is 2. The van der Waals surface area contributed by atoms with E-state index in [9.17, 15) is 4.57 Å². The van der Waals surface area contributed by atoms with Gasteiger partial charge in [-0.15, -0.1) is 0 Å². The molecule has 0 fully saturated rings. The molecular weight excluding hydrogens is 227 g/mol. The van der Waals surface area contributed by atoms with Gasteiger partial charge in [-0.25, -0.2) is 4.98 Å². The fourth-order valence-corrected chi connectivity index (χ4v) is 2.67. The van der Waals surface area contributed by atoms with Crippen molar-refractivity contribution in [3.8, 4) is 6.07 Å². The Labute approximate surface area is 94.6 Å². The molecule has 0 radical (unpaired) electrons. The van der Waals surface area contributed by atoms with Gasteiger partial charge >= 0.3 is 7.60 Å². The average molecular weight is 240 g/mol. The summed E-state index contributed by atoms with van der Waals surface area (Å²) in [6, 6.07) is 4.91. The molecule has 0 spiro atoms. The van der Waals surface area contributed by atoms with Gasteiger partial charge in [0.1, 0.15) is 0 Å². The van der Waals surface area contributed by atoms with Gasteiger partial charge in [0.05, 0.1) is 24.8 Å². The van der Waals surface area contributed by atoms with Crippen LogP contribution in [-0.2, 0) is 13.6 Å². The van der Waals surface area contributed by atoms with E-state index in [2.05, 4.69) is 4.98 Å². The minimum atomic E-state index is -3.37. The van der Waals surface area contributed by atoms with E-state index in [4.69, 9.17) is 14.3 Å². The van der Waals surface area contributed by atoms with Crippen LogP contribution in [0.2, 0.25) is 0 Å². The minimum absolute atomic E-state index is 0.176. The van der Waals surface area contributed by atoms with Crippen molar-refractivity contribution < 1.29 is 13.6 Å². The van der Waals surface area contributed by atoms with Crippen molar-refractivity contribution in [3.05, 3.63) is 23.9 Å². The number of rotatable bonds is 5. The smallest absolute Gasteiger partial charge is 0.304 e. The highest BCUT2D eigenvalue weighted by Crippen LogP contribution is 2.45. The first kappa shape index (κ1) is 12.9. The highest BCUT2D eigenvalue weighted by atomic mass is 31.2. The number of aromatic nitrogens is 1. The van der Waals surface area contributed by atoms with Crippen molar-refractivity contribution in [2.45, 2.75) is 13.8 Å². The molecule has 0 atom stereocenters. The third-order valence-corrected chi connectivity index (χ3v) is 3.76. The zero-order valence-corrected chi connectivity index (χ0v) is 10.1. The van der Waals surface area contributed by atoms with Crippen LogP contribution in [0.3, 0.4) is 0 Å². The van der Waals surface area contributed by atoms with Crippen molar-refractivity contribution in [3.63, 3.8) is 0 Å². The second-order valence-electron chi connectivity index (χ2n) is 2.85. The first-order valence-corrected chi connectivity index (χ1v) is 6.46. The number of hydrogen-bond acceptors (Lipinski definition) is 5. The molecule has 0 bridgehead atoms. The maximum absolute atomic E-state index is 12.3. The maximum atomic E-state index is 12.3. The standard InChI is InChI=1S/C10H13N2O3P/c1-3-14-16(13,15-4-2)10-7-9(8-11)5-6-12-10/h5-7H,3-4H2,1-2H3. The summed E-state index contributed by atoms with van der Waals surface area (Å²) >= 11 is 0. The molecule has 0 aliphatic carbocycles. The van der Waals surface area contributed by atoms with Crippen LogP contribution in [0.1, 0.15) is 19.4 Å². The Morgan fingerprint density at radius 1 is 1.44 bits per heavy atom.